The Morgan fingerprint density at radius 2 is 2.19 bits per heavy atom. The van der Waals surface area contributed by atoms with Crippen LogP contribution in [0.1, 0.15) is 31.8 Å². The highest BCUT2D eigenvalue weighted by molar-refractivity contribution is 7.71. The standard InChI is InChI=1S/C11H18N2O2S/c1-5-11(2,15-4)10-12-8(7-14-3)6-9(16)13-10/h6H,5,7H2,1-4H3,(H,12,13,16). The molecule has 4 nitrogen and oxygen atoms in total. The van der Waals surface area contributed by atoms with E-state index in [1.165, 1.54) is 0 Å². The zero-order valence-corrected chi connectivity index (χ0v) is 11.0. The van der Waals surface area contributed by atoms with Gasteiger partial charge < -0.3 is 14.5 Å². The number of hydrogen-bond donors (Lipinski definition) is 1. The van der Waals surface area contributed by atoms with E-state index in [0.717, 1.165) is 17.9 Å². The second kappa shape index (κ2) is 5.52. The van der Waals surface area contributed by atoms with Gasteiger partial charge in [-0.15, -0.1) is 0 Å². The van der Waals surface area contributed by atoms with E-state index in [-0.39, 0.29) is 0 Å². The van der Waals surface area contributed by atoms with Gasteiger partial charge in [-0.1, -0.05) is 19.1 Å². The second-order valence-corrected chi connectivity index (χ2v) is 4.23. The summed E-state index contributed by atoms with van der Waals surface area (Å²) in [4.78, 5) is 7.51. The summed E-state index contributed by atoms with van der Waals surface area (Å²) in [6.45, 7) is 4.52. The molecule has 1 unspecified atom stereocenters. The number of aromatic amines is 1. The van der Waals surface area contributed by atoms with Gasteiger partial charge in [0, 0.05) is 19.9 Å². The minimum absolute atomic E-state index is 0.433. The van der Waals surface area contributed by atoms with Crippen molar-refractivity contribution in [2.45, 2.75) is 32.5 Å². The molecule has 0 aromatic carbocycles. The van der Waals surface area contributed by atoms with Gasteiger partial charge in [0.1, 0.15) is 16.1 Å². The van der Waals surface area contributed by atoms with Crippen molar-refractivity contribution in [3.63, 3.8) is 0 Å². The molecule has 0 saturated carbocycles. The molecule has 0 aliphatic carbocycles. The number of nitrogens with zero attached hydrogens (tertiary/aromatic N) is 1. The molecule has 0 fully saturated rings. The summed E-state index contributed by atoms with van der Waals surface area (Å²) in [5, 5.41) is 0. The molecule has 0 radical (unpaired) electrons. The van der Waals surface area contributed by atoms with Crippen molar-refractivity contribution in [2.24, 2.45) is 0 Å². The van der Waals surface area contributed by atoms with Crippen LogP contribution in [-0.2, 0) is 21.7 Å². The van der Waals surface area contributed by atoms with E-state index in [9.17, 15) is 0 Å². The monoisotopic (exact) mass is 242 g/mol. The minimum Gasteiger partial charge on any atom is -0.378 e. The first-order chi connectivity index (χ1) is 7.55. The molecule has 5 heteroatoms. The Morgan fingerprint density at radius 3 is 2.69 bits per heavy atom. The largest absolute Gasteiger partial charge is 0.378 e. The maximum absolute atomic E-state index is 5.48. The summed E-state index contributed by atoms with van der Waals surface area (Å²) in [5.74, 6) is 0.747. The molecular formula is C11H18N2O2S. The first-order valence-corrected chi connectivity index (χ1v) is 5.61. The Balaban J connectivity index is 3.18. The summed E-state index contributed by atoms with van der Waals surface area (Å²) in [6, 6.07) is 1.80. The Hall–Kier alpha value is -0.780. The molecule has 0 amide bonds. The fraction of sp³-hybridized carbons (Fsp3) is 0.636. The van der Waals surface area contributed by atoms with Gasteiger partial charge in [0.2, 0.25) is 0 Å². The van der Waals surface area contributed by atoms with E-state index in [2.05, 4.69) is 9.97 Å². The molecule has 1 aromatic heterocycles. The zero-order chi connectivity index (χ0) is 12.2. The Labute approximate surface area is 101 Å². The van der Waals surface area contributed by atoms with Gasteiger partial charge in [0.05, 0.1) is 6.61 Å². The van der Waals surface area contributed by atoms with E-state index < -0.39 is 5.60 Å². The smallest absolute Gasteiger partial charge is 0.140 e. The topological polar surface area (TPSA) is 47.1 Å². The van der Waals surface area contributed by atoms with Gasteiger partial charge in [0.15, 0.2) is 0 Å². The van der Waals surface area contributed by atoms with Crippen molar-refractivity contribution < 1.29 is 9.47 Å². The molecule has 1 aromatic rings. The van der Waals surface area contributed by atoms with Gasteiger partial charge in [0.25, 0.3) is 0 Å². The molecule has 1 atom stereocenters. The number of methoxy groups -OCH3 is 2. The fourth-order valence-electron chi connectivity index (χ4n) is 1.40. The summed E-state index contributed by atoms with van der Waals surface area (Å²) in [6.07, 6.45) is 0.818. The Kier molecular flexibility index (Phi) is 4.58. The maximum Gasteiger partial charge on any atom is 0.140 e. The Bertz CT molecular complexity index is 399. The zero-order valence-electron chi connectivity index (χ0n) is 10.2. The molecule has 1 heterocycles. The predicted octanol–water partition coefficient (Wildman–Crippen LogP) is 2.56. The number of H-pyrrole nitrogens is 1. The Morgan fingerprint density at radius 1 is 1.50 bits per heavy atom. The highest BCUT2D eigenvalue weighted by atomic mass is 32.1. The van der Waals surface area contributed by atoms with Gasteiger partial charge in [-0.3, -0.25) is 0 Å². The summed E-state index contributed by atoms with van der Waals surface area (Å²) >= 11 is 5.12. The van der Waals surface area contributed by atoms with Crippen molar-refractivity contribution in [1.29, 1.82) is 0 Å². The van der Waals surface area contributed by atoms with Crippen molar-refractivity contribution in [2.75, 3.05) is 14.2 Å². The van der Waals surface area contributed by atoms with Crippen LogP contribution in [0.15, 0.2) is 6.07 Å². The summed E-state index contributed by atoms with van der Waals surface area (Å²) in [5.41, 5.74) is 0.478. The number of rotatable bonds is 5. The third-order valence-electron chi connectivity index (χ3n) is 2.72. The lowest BCUT2D eigenvalue weighted by Gasteiger charge is -2.25. The predicted molar refractivity (Wildman–Crippen MR) is 64.8 cm³/mol. The van der Waals surface area contributed by atoms with E-state index in [1.807, 2.05) is 13.8 Å². The number of ether oxygens (including phenoxy) is 2. The quantitative estimate of drug-likeness (QED) is 0.806. The average molecular weight is 242 g/mol. The van der Waals surface area contributed by atoms with Crippen molar-refractivity contribution >= 4 is 12.2 Å². The fourth-order valence-corrected chi connectivity index (χ4v) is 1.63. The van der Waals surface area contributed by atoms with Crippen molar-refractivity contribution in [3.8, 4) is 0 Å². The molecule has 0 aliphatic rings. The normalized spacial score (nSPS) is 14.8. The van der Waals surface area contributed by atoms with Crippen LogP contribution in [0.25, 0.3) is 0 Å². The highest BCUT2D eigenvalue weighted by Gasteiger charge is 2.26. The lowest BCUT2D eigenvalue weighted by atomic mass is 10.0. The van der Waals surface area contributed by atoms with Gasteiger partial charge in [-0.05, 0) is 19.4 Å². The highest BCUT2D eigenvalue weighted by Crippen LogP contribution is 2.25. The lowest BCUT2D eigenvalue weighted by molar-refractivity contribution is -0.00949. The molecule has 16 heavy (non-hydrogen) atoms. The third-order valence-corrected chi connectivity index (χ3v) is 2.93. The van der Waals surface area contributed by atoms with Crippen LogP contribution in [0, 0.1) is 4.64 Å². The van der Waals surface area contributed by atoms with E-state index in [0.29, 0.717) is 11.2 Å². The van der Waals surface area contributed by atoms with Crippen LogP contribution >= 0.6 is 12.2 Å². The first-order valence-electron chi connectivity index (χ1n) is 5.20. The lowest BCUT2D eigenvalue weighted by Crippen LogP contribution is -2.26. The molecule has 1 N–H and O–H groups in total. The van der Waals surface area contributed by atoms with Crippen LogP contribution in [0.2, 0.25) is 0 Å². The van der Waals surface area contributed by atoms with Gasteiger partial charge in [-0.25, -0.2) is 4.98 Å². The van der Waals surface area contributed by atoms with Crippen LogP contribution in [0.4, 0.5) is 0 Å². The molecule has 0 aliphatic heterocycles. The average Bonchev–Trinajstić information content (AvgIpc) is 2.27. The maximum atomic E-state index is 5.48. The second-order valence-electron chi connectivity index (χ2n) is 3.81. The van der Waals surface area contributed by atoms with Crippen LogP contribution in [0.3, 0.4) is 0 Å². The molecule has 0 saturated heterocycles. The first kappa shape index (κ1) is 13.3. The molecule has 0 spiro atoms. The number of hydrogen-bond acceptors (Lipinski definition) is 4. The molecule has 0 bridgehead atoms. The number of nitrogens with one attached hydrogen (secondary N) is 1. The molecule has 1 rings (SSSR count). The van der Waals surface area contributed by atoms with E-state index >= 15 is 0 Å². The van der Waals surface area contributed by atoms with Crippen LogP contribution < -0.4 is 0 Å². The minimum atomic E-state index is -0.433. The van der Waals surface area contributed by atoms with Gasteiger partial charge in [-0.2, -0.15) is 0 Å². The third kappa shape index (κ3) is 2.87. The SMILES string of the molecule is CCC(C)(OC)c1nc(=S)cc(COC)[nH]1. The van der Waals surface area contributed by atoms with Gasteiger partial charge >= 0.3 is 0 Å². The van der Waals surface area contributed by atoms with Crippen molar-refractivity contribution in [1.82, 2.24) is 9.97 Å². The summed E-state index contributed by atoms with van der Waals surface area (Å²) < 4.78 is 11.1. The molecule has 90 valence electrons. The van der Waals surface area contributed by atoms with Crippen LogP contribution in [0.5, 0.6) is 0 Å². The number of aromatic nitrogens is 2. The van der Waals surface area contributed by atoms with Crippen LogP contribution in [-0.4, -0.2) is 24.2 Å². The van der Waals surface area contributed by atoms with E-state index in [4.69, 9.17) is 21.7 Å². The van der Waals surface area contributed by atoms with Crippen molar-refractivity contribution in [3.05, 3.63) is 22.2 Å². The molecular weight excluding hydrogens is 224 g/mol. The summed E-state index contributed by atoms with van der Waals surface area (Å²) in [7, 11) is 3.32. The van der Waals surface area contributed by atoms with E-state index in [1.54, 1.807) is 20.3 Å².